The molecule has 1 N–H and O–H groups in total. The molecule has 27 heavy (non-hydrogen) atoms. The molecule has 3 rings (SSSR count). The first kappa shape index (κ1) is 19.6. The third-order valence-corrected chi connectivity index (χ3v) is 6.42. The van der Waals surface area contributed by atoms with Crippen molar-refractivity contribution in [2.24, 2.45) is 5.92 Å². The van der Waals surface area contributed by atoms with Crippen LogP contribution in [0.2, 0.25) is 0 Å². The first-order valence-electron chi connectivity index (χ1n) is 9.76. The smallest absolute Gasteiger partial charge is 0.341 e. The summed E-state index contributed by atoms with van der Waals surface area (Å²) in [5.41, 5.74) is 1.64. The third-order valence-electron chi connectivity index (χ3n) is 5.19. The number of ether oxygens (including phenoxy) is 1. The second-order valence-electron chi connectivity index (χ2n) is 7.07. The number of carbonyl (C=O) groups is 2. The molecule has 1 aliphatic rings. The van der Waals surface area contributed by atoms with Gasteiger partial charge in [-0.2, -0.15) is 0 Å². The van der Waals surface area contributed by atoms with Gasteiger partial charge in [0.05, 0.1) is 12.2 Å². The van der Waals surface area contributed by atoms with E-state index in [0.29, 0.717) is 17.2 Å². The van der Waals surface area contributed by atoms with Crippen LogP contribution in [0.25, 0.3) is 0 Å². The van der Waals surface area contributed by atoms with Crippen molar-refractivity contribution in [3.63, 3.8) is 0 Å². The molecule has 0 aliphatic heterocycles. The molecule has 0 bridgehead atoms. The molecule has 144 valence electrons. The van der Waals surface area contributed by atoms with Gasteiger partial charge in [0.15, 0.2) is 0 Å². The van der Waals surface area contributed by atoms with Crippen molar-refractivity contribution in [3.8, 4) is 0 Å². The van der Waals surface area contributed by atoms with Gasteiger partial charge < -0.3 is 10.1 Å². The van der Waals surface area contributed by atoms with Gasteiger partial charge in [-0.3, -0.25) is 4.79 Å². The first-order valence-corrected chi connectivity index (χ1v) is 10.6. The molecule has 1 atom stereocenters. The summed E-state index contributed by atoms with van der Waals surface area (Å²) >= 11 is 1.48. The highest BCUT2D eigenvalue weighted by atomic mass is 32.1. The summed E-state index contributed by atoms with van der Waals surface area (Å²) in [4.78, 5) is 26.2. The molecule has 1 fully saturated rings. The predicted molar refractivity (Wildman–Crippen MR) is 109 cm³/mol. The Morgan fingerprint density at radius 3 is 2.56 bits per heavy atom. The van der Waals surface area contributed by atoms with Crippen LogP contribution >= 0.6 is 11.3 Å². The van der Waals surface area contributed by atoms with Crippen molar-refractivity contribution in [3.05, 3.63) is 52.4 Å². The molecule has 1 unspecified atom stereocenters. The van der Waals surface area contributed by atoms with Gasteiger partial charge >= 0.3 is 5.97 Å². The fourth-order valence-corrected chi connectivity index (χ4v) is 4.69. The Bertz CT molecular complexity index is 778. The van der Waals surface area contributed by atoms with Crippen LogP contribution in [-0.2, 0) is 9.53 Å². The average Bonchev–Trinajstić information content (AvgIpc) is 3.12. The maximum Gasteiger partial charge on any atom is 0.341 e. The van der Waals surface area contributed by atoms with Gasteiger partial charge in [0.2, 0.25) is 5.91 Å². The van der Waals surface area contributed by atoms with Gasteiger partial charge in [0.1, 0.15) is 5.00 Å². The van der Waals surface area contributed by atoms with E-state index in [0.717, 1.165) is 30.6 Å². The van der Waals surface area contributed by atoms with Crippen LogP contribution in [0.1, 0.15) is 72.7 Å². The monoisotopic (exact) mass is 385 g/mol. The number of esters is 1. The molecule has 5 heteroatoms. The number of thiophene rings is 1. The minimum absolute atomic E-state index is 0.0287. The van der Waals surface area contributed by atoms with Gasteiger partial charge in [-0.05, 0) is 31.4 Å². The molecule has 1 saturated carbocycles. The Morgan fingerprint density at radius 1 is 1.19 bits per heavy atom. The molecular weight excluding hydrogens is 358 g/mol. The normalized spacial score (nSPS) is 15.9. The van der Waals surface area contributed by atoms with Crippen molar-refractivity contribution in [2.45, 2.75) is 51.9 Å². The second kappa shape index (κ2) is 9.18. The molecule has 1 aliphatic carbocycles. The van der Waals surface area contributed by atoms with Crippen LogP contribution in [-0.4, -0.2) is 18.5 Å². The summed E-state index contributed by atoms with van der Waals surface area (Å²) in [6, 6.07) is 12.0. The quantitative estimate of drug-likeness (QED) is 0.659. The number of carbonyl (C=O) groups excluding carboxylic acids is 2. The lowest BCUT2D eigenvalue weighted by Gasteiger charge is -2.20. The Balaban J connectivity index is 1.85. The number of anilines is 1. The summed E-state index contributed by atoms with van der Waals surface area (Å²) in [6.45, 7) is 4.22. The largest absolute Gasteiger partial charge is 0.462 e. The minimum Gasteiger partial charge on any atom is -0.462 e. The van der Waals surface area contributed by atoms with E-state index in [4.69, 9.17) is 4.74 Å². The Labute approximate surface area is 164 Å². The standard InChI is InChI=1S/C22H27NO3S/c1-3-26-22(25)18-14-19(15(2)16-10-6-4-7-11-16)27-21(18)23-20(24)17-12-8-5-9-13-17/h4,6-7,10-11,14-15,17H,3,5,8-9,12-13H2,1-2H3,(H,23,24). The predicted octanol–water partition coefficient (Wildman–Crippen LogP) is 5.60. The van der Waals surface area contributed by atoms with E-state index < -0.39 is 0 Å². The van der Waals surface area contributed by atoms with Crippen LogP contribution in [0, 0.1) is 5.92 Å². The van der Waals surface area contributed by atoms with Crippen LogP contribution in [0.4, 0.5) is 5.00 Å². The van der Waals surface area contributed by atoms with Gasteiger partial charge in [-0.1, -0.05) is 56.5 Å². The molecule has 0 saturated heterocycles. The third kappa shape index (κ3) is 4.78. The fraction of sp³-hybridized carbons (Fsp3) is 0.455. The van der Waals surface area contributed by atoms with E-state index in [1.54, 1.807) is 6.92 Å². The number of benzene rings is 1. The Kier molecular flexibility index (Phi) is 6.67. The number of rotatable bonds is 6. The number of nitrogens with one attached hydrogen (secondary N) is 1. The highest BCUT2D eigenvalue weighted by molar-refractivity contribution is 7.16. The van der Waals surface area contributed by atoms with Crippen molar-refractivity contribution >= 4 is 28.2 Å². The van der Waals surface area contributed by atoms with E-state index >= 15 is 0 Å². The topological polar surface area (TPSA) is 55.4 Å². The lowest BCUT2D eigenvalue weighted by molar-refractivity contribution is -0.120. The van der Waals surface area contributed by atoms with Crippen LogP contribution < -0.4 is 5.32 Å². The molecule has 2 aromatic rings. The second-order valence-corrected chi connectivity index (χ2v) is 8.15. The molecule has 0 radical (unpaired) electrons. The summed E-state index contributed by atoms with van der Waals surface area (Å²) < 4.78 is 5.21. The van der Waals surface area contributed by atoms with E-state index in [1.165, 1.54) is 23.3 Å². The van der Waals surface area contributed by atoms with Crippen molar-refractivity contribution < 1.29 is 14.3 Å². The highest BCUT2D eigenvalue weighted by Crippen LogP contribution is 2.37. The SMILES string of the molecule is CCOC(=O)c1cc(C(C)c2ccccc2)sc1NC(=O)C1CCCCC1. The lowest BCUT2D eigenvalue weighted by Crippen LogP contribution is -2.25. The number of hydrogen-bond donors (Lipinski definition) is 1. The number of hydrogen-bond acceptors (Lipinski definition) is 4. The molecule has 0 spiro atoms. The minimum atomic E-state index is -0.376. The summed E-state index contributed by atoms with van der Waals surface area (Å²) in [7, 11) is 0. The first-order chi connectivity index (χ1) is 13.1. The van der Waals surface area contributed by atoms with Crippen LogP contribution in [0.15, 0.2) is 36.4 Å². The molecule has 1 aromatic carbocycles. The highest BCUT2D eigenvalue weighted by Gasteiger charge is 2.26. The number of amides is 1. The van der Waals surface area contributed by atoms with Crippen molar-refractivity contribution in [1.29, 1.82) is 0 Å². The van der Waals surface area contributed by atoms with Crippen molar-refractivity contribution in [2.75, 3.05) is 11.9 Å². The van der Waals surface area contributed by atoms with Crippen LogP contribution in [0.5, 0.6) is 0 Å². The summed E-state index contributed by atoms with van der Waals surface area (Å²) in [6.07, 6.45) is 5.27. The van der Waals surface area contributed by atoms with Gasteiger partial charge in [0.25, 0.3) is 0 Å². The van der Waals surface area contributed by atoms with E-state index in [-0.39, 0.29) is 23.7 Å². The maximum atomic E-state index is 12.7. The molecule has 1 heterocycles. The van der Waals surface area contributed by atoms with Crippen LogP contribution in [0.3, 0.4) is 0 Å². The zero-order chi connectivity index (χ0) is 19.2. The van der Waals surface area contributed by atoms with E-state index in [2.05, 4.69) is 24.4 Å². The van der Waals surface area contributed by atoms with Crippen molar-refractivity contribution in [1.82, 2.24) is 0 Å². The Hall–Kier alpha value is -2.14. The van der Waals surface area contributed by atoms with Gasteiger partial charge in [0, 0.05) is 16.7 Å². The molecule has 4 nitrogen and oxygen atoms in total. The molecule has 1 amide bonds. The zero-order valence-corrected chi connectivity index (χ0v) is 16.8. The molecule has 1 aromatic heterocycles. The van der Waals surface area contributed by atoms with Gasteiger partial charge in [-0.15, -0.1) is 11.3 Å². The summed E-state index contributed by atoms with van der Waals surface area (Å²) in [5.74, 6) is -0.157. The van der Waals surface area contributed by atoms with Gasteiger partial charge in [-0.25, -0.2) is 4.79 Å². The zero-order valence-electron chi connectivity index (χ0n) is 16.0. The average molecular weight is 386 g/mol. The van der Waals surface area contributed by atoms with E-state index in [1.807, 2.05) is 24.3 Å². The maximum absolute atomic E-state index is 12.7. The lowest BCUT2D eigenvalue weighted by atomic mass is 9.89. The Morgan fingerprint density at radius 2 is 1.89 bits per heavy atom. The van der Waals surface area contributed by atoms with E-state index in [9.17, 15) is 9.59 Å². The summed E-state index contributed by atoms with van der Waals surface area (Å²) in [5, 5.41) is 3.64. The fourth-order valence-electron chi connectivity index (χ4n) is 3.56. The molecular formula is C22H27NO3S.